The molecule has 0 fully saturated rings. The van der Waals surface area contributed by atoms with Crippen LogP contribution in [0.4, 0.5) is 0 Å². The fourth-order valence-electron chi connectivity index (χ4n) is 1.47. The van der Waals surface area contributed by atoms with Gasteiger partial charge in [-0.05, 0) is 23.7 Å². The van der Waals surface area contributed by atoms with Gasteiger partial charge in [-0.15, -0.1) is 0 Å². The van der Waals surface area contributed by atoms with Crippen LogP contribution in [0.3, 0.4) is 0 Å². The molecule has 0 heterocycles. The quantitative estimate of drug-likeness (QED) is 0.751. The second kappa shape index (κ2) is 6.71. The summed E-state index contributed by atoms with van der Waals surface area (Å²) in [5.74, 6) is 0.200. The average molecular weight is 342 g/mol. The molecule has 0 bridgehead atoms. The third kappa shape index (κ3) is 11.5. The van der Waals surface area contributed by atoms with Crippen molar-refractivity contribution in [1.82, 2.24) is 4.72 Å². The Kier molecular flexibility index (Phi) is 6.85. The van der Waals surface area contributed by atoms with Gasteiger partial charge in [-0.1, -0.05) is 57.5 Å². The minimum atomic E-state index is -3.15. The summed E-state index contributed by atoms with van der Waals surface area (Å²) in [5, 5.41) is 0. The van der Waals surface area contributed by atoms with Crippen LogP contribution < -0.4 is 4.72 Å². The fraction of sp³-hybridized carbons (Fsp3) is 1.00. The molecule has 1 unspecified atom stereocenters. The largest absolute Gasteiger partial charge is 0.214 e. The first-order valence-electron chi connectivity index (χ1n) is 6.42. The van der Waals surface area contributed by atoms with Gasteiger partial charge in [-0.2, -0.15) is 0 Å². The minimum absolute atomic E-state index is 0.0496. The molecule has 0 amide bonds. The van der Waals surface area contributed by atoms with E-state index < -0.39 is 10.0 Å². The van der Waals surface area contributed by atoms with Crippen LogP contribution in [0.15, 0.2) is 0 Å². The molecule has 0 saturated carbocycles. The van der Waals surface area contributed by atoms with Gasteiger partial charge in [0.1, 0.15) is 0 Å². The SMILES string of the molecule is CC(C)(C)CCS(=O)(=O)NCC(Br)CC(C)(C)C. The number of nitrogens with one attached hydrogen (secondary N) is 1. The van der Waals surface area contributed by atoms with Crippen molar-refractivity contribution in [3.8, 4) is 0 Å². The zero-order valence-corrected chi connectivity index (χ0v) is 14.9. The molecule has 5 heteroatoms. The van der Waals surface area contributed by atoms with Crippen LogP contribution in [0.1, 0.15) is 54.4 Å². The first-order valence-corrected chi connectivity index (χ1v) is 8.99. The van der Waals surface area contributed by atoms with Crippen molar-refractivity contribution >= 4 is 26.0 Å². The van der Waals surface area contributed by atoms with Crippen molar-refractivity contribution in [2.75, 3.05) is 12.3 Å². The van der Waals surface area contributed by atoms with Crippen LogP contribution in [0.25, 0.3) is 0 Å². The van der Waals surface area contributed by atoms with Gasteiger partial charge in [-0.3, -0.25) is 0 Å². The van der Waals surface area contributed by atoms with Gasteiger partial charge in [0, 0.05) is 11.4 Å². The smallest absolute Gasteiger partial charge is 0.211 e. The van der Waals surface area contributed by atoms with Crippen LogP contribution in [0.5, 0.6) is 0 Å². The Labute approximate surface area is 121 Å². The van der Waals surface area contributed by atoms with Crippen molar-refractivity contribution in [2.45, 2.75) is 59.2 Å². The number of hydrogen-bond donors (Lipinski definition) is 1. The summed E-state index contributed by atoms with van der Waals surface area (Å²) in [4.78, 5) is 0.182. The first-order chi connectivity index (χ1) is 7.81. The maximum Gasteiger partial charge on any atom is 0.211 e. The molecule has 0 rings (SSSR count). The number of alkyl halides is 1. The van der Waals surface area contributed by atoms with Crippen molar-refractivity contribution in [3.63, 3.8) is 0 Å². The number of sulfonamides is 1. The predicted octanol–water partition coefficient (Wildman–Crippen LogP) is 3.54. The standard InChI is InChI=1S/C13H28BrNO2S/c1-12(2,3)7-8-18(16,17)15-10-11(14)9-13(4,5)6/h11,15H,7-10H2,1-6H3. The summed E-state index contributed by atoms with van der Waals surface area (Å²) in [6, 6.07) is 0. The van der Waals surface area contributed by atoms with E-state index in [0.29, 0.717) is 13.0 Å². The molecule has 1 N–H and O–H groups in total. The zero-order valence-electron chi connectivity index (χ0n) is 12.5. The lowest BCUT2D eigenvalue weighted by Crippen LogP contribution is -2.34. The molecule has 0 radical (unpaired) electrons. The third-order valence-electron chi connectivity index (χ3n) is 2.48. The van der Waals surface area contributed by atoms with Crippen molar-refractivity contribution in [2.24, 2.45) is 10.8 Å². The molecular formula is C13H28BrNO2S. The first kappa shape index (κ1) is 18.4. The molecule has 110 valence electrons. The average Bonchev–Trinajstić information content (AvgIpc) is 2.08. The summed E-state index contributed by atoms with van der Waals surface area (Å²) in [5.41, 5.74) is 0.249. The predicted molar refractivity (Wildman–Crippen MR) is 82.6 cm³/mol. The topological polar surface area (TPSA) is 46.2 Å². The van der Waals surface area contributed by atoms with Crippen LogP contribution >= 0.6 is 15.9 Å². The van der Waals surface area contributed by atoms with Crippen LogP contribution in [-0.4, -0.2) is 25.5 Å². The number of hydrogen-bond acceptors (Lipinski definition) is 2. The highest BCUT2D eigenvalue weighted by Gasteiger charge is 2.20. The molecule has 0 saturated heterocycles. The van der Waals surface area contributed by atoms with E-state index in [4.69, 9.17) is 0 Å². The lowest BCUT2D eigenvalue weighted by Gasteiger charge is -2.22. The Hall–Kier alpha value is 0.390. The highest BCUT2D eigenvalue weighted by Crippen LogP contribution is 2.24. The molecule has 0 spiro atoms. The van der Waals surface area contributed by atoms with Gasteiger partial charge >= 0.3 is 0 Å². The van der Waals surface area contributed by atoms with Crippen molar-refractivity contribution < 1.29 is 8.42 Å². The maximum atomic E-state index is 11.8. The lowest BCUT2D eigenvalue weighted by molar-refractivity contribution is 0.373. The second-order valence-electron chi connectivity index (χ2n) is 7.34. The highest BCUT2D eigenvalue weighted by atomic mass is 79.9. The Bertz CT molecular complexity index is 339. The normalized spacial score (nSPS) is 15.7. The molecule has 18 heavy (non-hydrogen) atoms. The molecule has 0 aromatic carbocycles. The van der Waals surface area contributed by atoms with E-state index >= 15 is 0 Å². The monoisotopic (exact) mass is 341 g/mol. The van der Waals surface area contributed by atoms with E-state index in [1.165, 1.54) is 0 Å². The molecule has 0 aliphatic carbocycles. The summed E-state index contributed by atoms with van der Waals surface area (Å²) in [7, 11) is -3.15. The highest BCUT2D eigenvalue weighted by molar-refractivity contribution is 9.09. The van der Waals surface area contributed by atoms with E-state index in [0.717, 1.165) is 6.42 Å². The van der Waals surface area contributed by atoms with Gasteiger partial charge in [0.25, 0.3) is 0 Å². The summed E-state index contributed by atoms with van der Waals surface area (Å²) >= 11 is 3.53. The van der Waals surface area contributed by atoms with E-state index in [1.807, 2.05) is 0 Å². The summed E-state index contributed by atoms with van der Waals surface area (Å²) < 4.78 is 26.3. The van der Waals surface area contributed by atoms with E-state index in [9.17, 15) is 8.42 Å². The number of rotatable bonds is 6. The fourth-order valence-corrected chi connectivity index (χ4v) is 4.29. The number of halogens is 1. The van der Waals surface area contributed by atoms with Gasteiger partial charge in [0.05, 0.1) is 5.75 Å². The molecule has 0 aliphatic rings. The Morgan fingerprint density at radius 1 is 1.06 bits per heavy atom. The zero-order chi connectivity index (χ0) is 14.6. The van der Waals surface area contributed by atoms with Crippen LogP contribution in [0.2, 0.25) is 0 Å². The molecule has 0 aliphatic heterocycles. The molecule has 1 atom stereocenters. The lowest BCUT2D eigenvalue weighted by atomic mass is 9.91. The second-order valence-corrected chi connectivity index (χ2v) is 10.6. The van der Waals surface area contributed by atoms with Crippen LogP contribution in [-0.2, 0) is 10.0 Å². The molecule has 0 aromatic heterocycles. The minimum Gasteiger partial charge on any atom is -0.214 e. The molecule has 0 aromatic rings. The molecule has 3 nitrogen and oxygen atoms in total. The maximum absolute atomic E-state index is 11.8. The summed E-state index contributed by atoms with van der Waals surface area (Å²) in [6.07, 6.45) is 1.61. The van der Waals surface area contributed by atoms with E-state index in [-0.39, 0.29) is 21.4 Å². The van der Waals surface area contributed by atoms with Gasteiger partial charge in [-0.25, -0.2) is 13.1 Å². The van der Waals surface area contributed by atoms with Crippen molar-refractivity contribution in [1.29, 1.82) is 0 Å². The molecular weight excluding hydrogens is 314 g/mol. The van der Waals surface area contributed by atoms with Gasteiger partial charge < -0.3 is 0 Å². The summed E-state index contributed by atoms with van der Waals surface area (Å²) in [6.45, 7) is 13.1. The van der Waals surface area contributed by atoms with E-state index in [1.54, 1.807) is 0 Å². The van der Waals surface area contributed by atoms with Gasteiger partial charge in [0.2, 0.25) is 10.0 Å². The Morgan fingerprint density at radius 3 is 1.94 bits per heavy atom. The van der Waals surface area contributed by atoms with Gasteiger partial charge in [0.15, 0.2) is 0 Å². The van der Waals surface area contributed by atoms with Crippen LogP contribution in [0, 0.1) is 10.8 Å². The Balaban J connectivity index is 4.12. The Morgan fingerprint density at radius 2 is 1.56 bits per heavy atom. The van der Waals surface area contributed by atoms with E-state index in [2.05, 4.69) is 62.2 Å². The third-order valence-corrected chi connectivity index (χ3v) is 4.47. The van der Waals surface area contributed by atoms with Crippen molar-refractivity contribution in [3.05, 3.63) is 0 Å².